The Kier molecular flexibility index (Phi) is 5.77. The van der Waals surface area contributed by atoms with Gasteiger partial charge in [0.1, 0.15) is 5.54 Å². The van der Waals surface area contributed by atoms with E-state index in [-0.39, 0.29) is 18.9 Å². The number of carboxylic acid groups (broad SMARTS) is 1. The molecule has 1 fully saturated rings. The maximum Gasteiger partial charge on any atom is 0.329 e. The number of urea groups is 1. The number of hydrogen-bond acceptors (Lipinski definition) is 4. The third kappa shape index (κ3) is 4.10. The van der Waals surface area contributed by atoms with Crippen molar-refractivity contribution in [2.75, 3.05) is 26.8 Å². The van der Waals surface area contributed by atoms with Crippen LogP contribution >= 0.6 is 0 Å². The van der Waals surface area contributed by atoms with Gasteiger partial charge in [0.2, 0.25) is 0 Å². The van der Waals surface area contributed by atoms with Crippen molar-refractivity contribution in [3.63, 3.8) is 0 Å². The minimum Gasteiger partial charge on any atom is -0.480 e. The number of ether oxygens (including phenoxy) is 1. The van der Waals surface area contributed by atoms with E-state index in [4.69, 9.17) is 10.00 Å². The summed E-state index contributed by atoms with van der Waals surface area (Å²) >= 11 is 0. The third-order valence-corrected chi connectivity index (χ3v) is 3.55. The van der Waals surface area contributed by atoms with Crippen LogP contribution in [0.15, 0.2) is 0 Å². The monoisotopic (exact) mass is 283 g/mol. The van der Waals surface area contributed by atoms with Crippen LogP contribution < -0.4 is 5.32 Å². The van der Waals surface area contributed by atoms with Gasteiger partial charge in [0.15, 0.2) is 0 Å². The van der Waals surface area contributed by atoms with Crippen LogP contribution in [0.5, 0.6) is 0 Å². The Bertz CT molecular complexity index is 403. The highest BCUT2D eigenvalue weighted by molar-refractivity contribution is 5.86. The van der Waals surface area contributed by atoms with Gasteiger partial charge < -0.3 is 20.1 Å². The zero-order valence-corrected chi connectivity index (χ0v) is 11.9. The van der Waals surface area contributed by atoms with E-state index in [0.717, 1.165) is 12.8 Å². The number of nitrogens with one attached hydrogen (secondary N) is 1. The normalized spacial score (nSPS) is 16.9. The minimum absolute atomic E-state index is 0.0239. The van der Waals surface area contributed by atoms with Crippen LogP contribution in [0.3, 0.4) is 0 Å². The zero-order valence-electron chi connectivity index (χ0n) is 11.9. The fourth-order valence-corrected chi connectivity index (χ4v) is 1.99. The Labute approximate surface area is 118 Å². The molecular formula is C13H21N3O4. The Balaban J connectivity index is 2.67. The van der Waals surface area contributed by atoms with Gasteiger partial charge in [0, 0.05) is 20.2 Å². The number of methoxy groups -OCH3 is 1. The second kappa shape index (κ2) is 7.10. The van der Waals surface area contributed by atoms with E-state index in [2.05, 4.69) is 5.32 Å². The Morgan fingerprint density at radius 2 is 2.15 bits per heavy atom. The summed E-state index contributed by atoms with van der Waals surface area (Å²) in [6.45, 7) is 2.45. The van der Waals surface area contributed by atoms with Crippen molar-refractivity contribution < 1.29 is 19.4 Å². The molecule has 7 nitrogen and oxygen atoms in total. The molecule has 2 amide bonds. The molecule has 1 saturated carbocycles. The predicted molar refractivity (Wildman–Crippen MR) is 71.0 cm³/mol. The summed E-state index contributed by atoms with van der Waals surface area (Å²) in [5, 5.41) is 20.5. The second-order valence-corrected chi connectivity index (χ2v) is 5.10. The molecule has 1 unspecified atom stereocenters. The molecule has 0 bridgehead atoms. The number of carboxylic acids is 1. The standard InChI is InChI=1S/C13H21N3O4/c1-13(11(17)18,10-4-5-10)15-12(19)16(7-3-6-14)8-9-20-2/h10H,3-5,7-9H2,1-2H3,(H,15,19)(H,17,18). The van der Waals surface area contributed by atoms with Crippen molar-refractivity contribution in [1.29, 1.82) is 5.26 Å². The van der Waals surface area contributed by atoms with E-state index >= 15 is 0 Å². The number of carbonyl (C=O) groups excluding carboxylic acids is 1. The van der Waals surface area contributed by atoms with Gasteiger partial charge in [-0.25, -0.2) is 9.59 Å². The molecule has 0 spiro atoms. The molecule has 2 N–H and O–H groups in total. The second-order valence-electron chi connectivity index (χ2n) is 5.10. The van der Waals surface area contributed by atoms with Crippen LogP contribution in [0.4, 0.5) is 4.79 Å². The van der Waals surface area contributed by atoms with E-state index in [0.29, 0.717) is 13.2 Å². The molecule has 20 heavy (non-hydrogen) atoms. The topological polar surface area (TPSA) is 103 Å². The molecule has 1 rings (SSSR count). The number of hydrogen-bond donors (Lipinski definition) is 2. The van der Waals surface area contributed by atoms with Crippen molar-refractivity contribution in [3.8, 4) is 6.07 Å². The van der Waals surface area contributed by atoms with Gasteiger partial charge in [-0.2, -0.15) is 5.26 Å². The van der Waals surface area contributed by atoms with Crippen LogP contribution in [-0.4, -0.2) is 54.4 Å². The van der Waals surface area contributed by atoms with Crippen molar-refractivity contribution in [2.24, 2.45) is 5.92 Å². The number of carbonyl (C=O) groups is 2. The molecule has 7 heteroatoms. The Morgan fingerprint density at radius 3 is 2.60 bits per heavy atom. The highest BCUT2D eigenvalue weighted by Crippen LogP contribution is 2.39. The number of nitrogens with zero attached hydrogens (tertiary/aromatic N) is 2. The fraction of sp³-hybridized carbons (Fsp3) is 0.769. The summed E-state index contributed by atoms with van der Waals surface area (Å²) in [6.07, 6.45) is 1.81. The van der Waals surface area contributed by atoms with E-state index in [1.165, 1.54) is 18.9 Å². The molecule has 0 aromatic heterocycles. The first kappa shape index (κ1) is 16.2. The van der Waals surface area contributed by atoms with Gasteiger partial charge in [-0.1, -0.05) is 0 Å². The van der Waals surface area contributed by atoms with Crippen molar-refractivity contribution >= 4 is 12.0 Å². The van der Waals surface area contributed by atoms with E-state index in [1.807, 2.05) is 6.07 Å². The number of aliphatic carboxylic acids is 1. The first-order valence-electron chi connectivity index (χ1n) is 6.62. The van der Waals surface area contributed by atoms with Gasteiger partial charge in [-0.15, -0.1) is 0 Å². The maximum atomic E-state index is 12.2. The number of nitriles is 1. The first-order valence-corrected chi connectivity index (χ1v) is 6.62. The van der Waals surface area contributed by atoms with E-state index < -0.39 is 17.5 Å². The fourth-order valence-electron chi connectivity index (χ4n) is 1.99. The molecule has 0 aromatic rings. The van der Waals surface area contributed by atoms with Gasteiger partial charge >= 0.3 is 12.0 Å². The van der Waals surface area contributed by atoms with Gasteiger partial charge in [0.05, 0.1) is 19.1 Å². The zero-order chi connectivity index (χ0) is 15.2. The molecule has 1 aliphatic rings. The molecule has 0 heterocycles. The van der Waals surface area contributed by atoms with E-state index in [9.17, 15) is 14.7 Å². The van der Waals surface area contributed by atoms with Crippen LogP contribution in [-0.2, 0) is 9.53 Å². The summed E-state index contributed by atoms with van der Waals surface area (Å²) in [5.74, 6) is -1.05. The lowest BCUT2D eigenvalue weighted by molar-refractivity contribution is -0.144. The molecule has 112 valence electrons. The summed E-state index contributed by atoms with van der Waals surface area (Å²) in [5.41, 5.74) is -1.24. The van der Waals surface area contributed by atoms with E-state index in [1.54, 1.807) is 0 Å². The first-order chi connectivity index (χ1) is 9.45. The van der Waals surface area contributed by atoms with Crippen molar-refractivity contribution in [2.45, 2.75) is 31.7 Å². The van der Waals surface area contributed by atoms with Crippen LogP contribution in [0.1, 0.15) is 26.2 Å². The molecular weight excluding hydrogens is 262 g/mol. The average Bonchev–Trinajstić information content (AvgIpc) is 3.23. The van der Waals surface area contributed by atoms with Gasteiger partial charge in [-0.3, -0.25) is 0 Å². The lowest BCUT2D eigenvalue weighted by Crippen LogP contribution is -2.58. The quantitative estimate of drug-likeness (QED) is 0.686. The molecule has 1 atom stereocenters. The van der Waals surface area contributed by atoms with Crippen molar-refractivity contribution in [3.05, 3.63) is 0 Å². The van der Waals surface area contributed by atoms with Gasteiger partial charge in [0.25, 0.3) is 0 Å². The summed E-state index contributed by atoms with van der Waals surface area (Å²) in [7, 11) is 1.52. The molecule has 0 aromatic carbocycles. The lowest BCUT2D eigenvalue weighted by atomic mass is 9.96. The van der Waals surface area contributed by atoms with Gasteiger partial charge in [-0.05, 0) is 25.7 Å². The average molecular weight is 283 g/mol. The molecule has 0 aliphatic heterocycles. The Morgan fingerprint density at radius 1 is 1.50 bits per heavy atom. The molecule has 0 saturated heterocycles. The number of amides is 2. The summed E-state index contributed by atoms with van der Waals surface area (Å²) in [4.78, 5) is 25.0. The maximum absolute atomic E-state index is 12.2. The third-order valence-electron chi connectivity index (χ3n) is 3.55. The van der Waals surface area contributed by atoms with Crippen LogP contribution in [0, 0.1) is 17.2 Å². The lowest BCUT2D eigenvalue weighted by Gasteiger charge is -2.30. The molecule has 0 radical (unpaired) electrons. The SMILES string of the molecule is COCCN(CCC#N)C(=O)NC(C)(C(=O)O)C1CC1. The van der Waals surface area contributed by atoms with Crippen LogP contribution in [0.25, 0.3) is 0 Å². The summed E-state index contributed by atoms with van der Waals surface area (Å²) < 4.78 is 4.92. The highest BCUT2D eigenvalue weighted by Gasteiger charge is 2.49. The Hall–Kier alpha value is -1.81. The summed E-state index contributed by atoms with van der Waals surface area (Å²) in [6, 6.07) is 1.51. The number of rotatable bonds is 8. The smallest absolute Gasteiger partial charge is 0.329 e. The minimum atomic E-state index is -1.24. The van der Waals surface area contributed by atoms with Crippen molar-refractivity contribution in [1.82, 2.24) is 10.2 Å². The molecule has 1 aliphatic carbocycles. The van der Waals surface area contributed by atoms with Crippen LogP contribution in [0.2, 0.25) is 0 Å². The largest absolute Gasteiger partial charge is 0.480 e. The highest BCUT2D eigenvalue weighted by atomic mass is 16.5. The predicted octanol–water partition coefficient (Wildman–Crippen LogP) is 0.811.